The molecule has 6 rings (SSSR count). The van der Waals surface area contributed by atoms with E-state index in [2.05, 4.69) is 35.0 Å². The minimum absolute atomic E-state index is 0.336. The fourth-order valence-electron chi connectivity index (χ4n) is 4.41. The molecule has 0 saturated carbocycles. The molecule has 0 amide bonds. The summed E-state index contributed by atoms with van der Waals surface area (Å²) in [5.41, 5.74) is 2.85. The number of imidazole rings is 1. The van der Waals surface area contributed by atoms with Crippen LogP contribution in [0.4, 0.5) is 4.39 Å². The van der Waals surface area contributed by atoms with Crippen molar-refractivity contribution in [3.63, 3.8) is 0 Å². The van der Waals surface area contributed by atoms with E-state index in [4.69, 9.17) is 9.26 Å². The van der Waals surface area contributed by atoms with Crippen LogP contribution in [0, 0.1) is 5.82 Å². The van der Waals surface area contributed by atoms with Crippen LogP contribution in [0.5, 0.6) is 0 Å². The largest absolute Gasteiger partial charge is 0.379 e. The van der Waals surface area contributed by atoms with Crippen molar-refractivity contribution in [2.75, 3.05) is 46.4 Å². The Labute approximate surface area is 194 Å². The molecule has 2 aliphatic heterocycles. The van der Waals surface area contributed by atoms with Gasteiger partial charge in [-0.25, -0.2) is 19.0 Å². The van der Waals surface area contributed by atoms with Gasteiger partial charge < -0.3 is 9.26 Å². The lowest BCUT2D eigenvalue weighted by molar-refractivity contribution is 0.0338. The number of rotatable bonds is 6. The Hall–Kier alpha value is -3.48. The van der Waals surface area contributed by atoms with Crippen molar-refractivity contribution in [2.45, 2.75) is 13.1 Å². The average Bonchev–Trinajstić information content (AvgIpc) is 3.58. The van der Waals surface area contributed by atoms with E-state index in [-0.39, 0.29) is 5.82 Å². The molecule has 12 heteroatoms. The molecule has 176 valence electrons. The highest BCUT2D eigenvalue weighted by molar-refractivity contribution is 5.70. The summed E-state index contributed by atoms with van der Waals surface area (Å²) in [5.74, 6) is 1.20. The number of ether oxygens (including phenoxy) is 1. The molecule has 3 aromatic heterocycles. The van der Waals surface area contributed by atoms with Crippen LogP contribution in [0.25, 0.3) is 28.6 Å². The van der Waals surface area contributed by atoms with Crippen LogP contribution >= 0.6 is 0 Å². The lowest BCUT2D eigenvalue weighted by atomic mass is 10.1. The van der Waals surface area contributed by atoms with Gasteiger partial charge in [-0.05, 0) is 25.2 Å². The molecule has 4 aromatic rings. The fraction of sp³-hybridized carbons (Fsp3) is 0.409. The number of hydrogen-bond donors (Lipinski definition) is 0. The van der Waals surface area contributed by atoms with Gasteiger partial charge in [0.1, 0.15) is 24.2 Å². The van der Waals surface area contributed by atoms with Gasteiger partial charge in [0, 0.05) is 31.7 Å². The van der Waals surface area contributed by atoms with Crippen LogP contribution < -0.4 is 0 Å². The third kappa shape index (κ3) is 3.89. The van der Waals surface area contributed by atoms with Crippen LogP contribution in [0.15, 0.2) is 35.4 Å². The molecule has 1 aromatic carbocycles. The first-order valence-corrected chi connectivity index (χ1v) is 11.2. The lowest BCUT2D eigenvalue weighted by Gasteiger charge is -2.28. The molecule has 34 heavy (non-hydrogen) atoms. The van der Waals surface area contributed by atoms with Gasteiger partial charge in [-0.15, -0.1) is 0 Å². The summed E-state index contributed by atoms with van der Waals surface area (Å²) in [4.78, 5) is 18.1. The number of halogens is 1. The van der Waals surface area contributed by atoms with E-state index in [9.17, 15) is 4.39 Å². The molecule has 0 bridgehead atoms. The molecule has 0 N–H and O–H groups in total. The minimum Gasteiger partial charge on any atom is -0.379 e. The van der Waals surface area contributed by atoms with Crippen molar-refractivity contribution in [1.29, 1.82) is 0 Å². The van der Waals surface area contributed by atoms with E-state index in [0.717, 1.165) is 50.8 Å². The van der Waals surface area contributed by atoms with E-state index < -0.39 is 0 Å². The van der Waals surface area contributed by atoms with Gasteiger partial charge >= 0.3 is 0 Å². The second-order valence-electron chi connectivity index (χ2n) is 8.52. The number of likely N-dealkylation sites (N-methyl/N-ethyl adjacent to an activating group) is 1. The molecule has 0 spiro atoms. The van der Waals surface area contributed by atoms with Crippen molar-refractivity contribution in [3.05, 3.63) is 48.3 Å². The van der Waals surface area contributed by atoms with Crippen LogP contribution in [0.1, 0.15) is 11.6 Å². The molecule has 0 radical (unpaired) electrons. The number of aromatic nitrogens is 7. The summed E-state index contributed by atoms with van der Waals surface area (Å²) in [6, 6.07) is 4.60. The molecule has 5 heterocycles. The molecule has 1 fully saturated rings. The summed E-state index contributed by atoms with van der Waals surface area (Å²) >= 11 is 0. The van der Waals surface area contributed by atoms with Gasteiger partial charge in [-0.1, -0.05) is 5.16 Å². The standard InChI is InChI=1S/C22H24FN9O2/c1-29(4-5-30-6-8-33-9-7-30)12-19-27-21(28-34-19)20-18-11-32-22(24-13-26-32)16-10-15(23)2-3-17(16)31(18)14-25-20/h2-3,10,13-14H,4-9,11-12H2,1H3. The van der Waals surface area contributed by atoms with Crippen LogP contribution in [0.2, 0.25) is 0 Å². The van der Waals surface area contributed by atoms with Gasteiger partial charge in [0.15, 0.2) is 5.82 Å². The number of nitrogens with zero attached hydrogens (tertiary/aromatic N) is 9. The number of hydrogen-bond acceptors (Lipinski definition) is 9. The van der Waals surface area contributed by atoms with E-state index in [1.165, 1.54) is 18.5 Å². The zero-order valence-corrected chi connectivity index (χ0v) is 18.8. The monoisotopic (exact) mass is 465 g/mol. The number of morpholine rings is 1. The molecule has 0 unspecified atom stereocenters. The van der Waals surface area contributed by atoms with E-state index >= 15 is 0 Å². The first-order chi connectivity index (χ1) is 16.7. The Bertz CT molecular complexity index is 1310. The third-order valence-electron chi connectivity index (χ3n) is 6.23. The Morgan fingerprint density at radius 2 is 2.06 bits per heavy atom. The highest BCUT2D eigenvalue weighted by Crippen LogP contribution is 2.33. The Morgan fingerprint density at radius 1 is 1.18 bits per heavy atom. The second kappa shape index (κ2) is 8.70. The van der Waals surface area contributed by atoms with Crippen LogP contribution in [-0.4, -0.2) is 90.7 Å². The first kappa shape index (κ1) is 21.1. The molecule has 2 aliphatic rings. The number of benzene rings is 1. The highest BCUT2D eigenvalue weighted by atomic mass is 19.1. The van der Waals surface area contributed by atoms with Crippen molar-refractivity contribution < 1.29 is 13.7 Å². The van der Waals surface area contributed by atoms with E-state index in [1.807, 2.05) is 11.6 Å². The molecular weight excluding hydrogens is 441 g/mol. The van der Waals surface area contributed by atoms with Gasteiger partial charge in [-0.2, -0.15) is 10.1 Å². The average molecular weight is 465 g/mol. The maximum absolute atomic E-state index is 14.0. The van der Waals surface area contributed by atoms with Crippen molar-refractivity contribution in [1.82, 2.24) is 44.3 Å². The zero-order valence-electron chi connectivity index (χ0n) is 18.8. The topological polar surface area (TPSA) is 103 Å². The lowest BCUT2D eigenvalue weighted by Crippen LogP contribution is -2.40. The third-order valence-corrected chi connectivity index (χ3v) is 6.23. The summed E-state index contributed by atoms with van der Waals surface area (Å²) in [7, 11) is 2.04. The Balaban J connectivity index is 1.24. The van der Waals surface area contributed by atoms with Crippen LogP contribution in [0.3, 0.4) is 0 Å². The van der Waals surface area contributed by atoms with Crippen molar-refractivity contribution in [2.24, 2.45) is 0 Å². The van der Waals surface area contributed by atoms with E-state index in [0.29, 0.717) is 41.9 Å². The molecule has 0 aliphatic carbocycles. The Morgan fingerprint density at radius 3 is 2.94 bits per heavy atom. The zero-order chi connectivity index (χ0) is 23.1. The predicted octanol–water partition coefficient (Wildman–Crippen LogP) is 1.45. The highest BCUT2D eigenvalue weighted by Gasteiger charge is 2.26. The molecular formula is C22H24FN9O2. The molecule has 0 atom stereocenters. The summed E-state index contributed by atoms with van der Waals surface area (Å²) in [6.07, 6.45) is 3.16. The maximum Gasteiger partial charge on any atom is 0.241 e. The van der Waals surface area contributed by atoms with Gasteiger partial charge in [-0.3, -0.25) is 14.4 Å². The van der Waals surface area contributed by atoms with Crippen molar-refractivity contribution >= 4 is 0 Å². The van der Waals surface area contributed by atoms with E-state index in [1.54, 1.807) is 17.1 Å². The molecule has 11 nitrogen and oxygen atoms in total. The first-order valence-electron chi connectivity index (χ1n) is 11.2. The van der Waals surface area contributed by atoms with Crippen molar-refractivity contribution in [3.8, 4) is 28.6 Å². The molecule has 1 saturated heterocycles. The number of fused-ring (bicyclic) bond motifs is 5. The van der Waals surface area contributed by atoms with Gasteiger partial charge in [0.2, 0.25) is 11.7 Å². The quantitative estimate of drug-likeness (QED) is 0.369. The van der Waals surface area contributed by atoms with Gasteiger partial charge in [0.05, 0.1) is 37.7 Å². The summed E-state index contributed by atoms with van der Waals surface area (Å²) in [6.45, 7) is 6.31. The predicted molar refractivity (Wildman–Crippen MR) is 119 cm³/mol. The smallest absolute Gasteiger partial charge is 0.241 e. The second-order valence-corrected chi connectivity index (χ2v) is 8.52. The fourth-order valence-corrected chi connectivity index (χ4v) is 4.41. The maximum atomic E-state index is 14.0. The van der Waals surface area contributed by atoms with Crippen LogP contribution in [-0.2, 0) is 17.8 Å². The normalized spacial score (nSPS) is 15.7. The SMILES string of the molecule is CN(CCN1CCOCC1)Cc1nc(-c2ncn3c2Cn2ncnc2-c2cc(F)ccc2-3)no1. The summed E-state index contributed by atoms with van der Waals surface area (Å²) in [5, 5.41) is 8.51. The summed E-state index contributed by atoms with van der Waals surface area (Å²) < 4.78 is 28.6. The van der Waals surface area contributed by atoms with Gasteiger partial charge in [0.25, 0.3) is 0 Å². The minimum atomic E-state index is -0.336. The Kier molecular flexibility index (Phi) is 5.40.